The SMILES string of the molecule is CCOCC(C)Nc1ncc([N+](=O)[O-])cc1C(=O)O. The molecule has 1 rings (SSSR count). The molecule has 104 valence electrons. The molecule has 8 nitrogen and oxygen atoms in total. The van der Waals surface area contributed by atoms with Crippen LogP contribution in [0.3, 0.4) is 0 Å². The van der Waals surface area contributed by atoms with E-state index in [0.29, 0.717) is 13.2 Å². The number of nitro groups is 1. The molecule has 0 spiro atoms. The number of rotatable bonds is 7. The molecule has 1 heterocycles. The van der Waals surface area contributed by atoms with E-state index < -0.39 is 10.9 Å². The summed E-state index contributed by atoms with van der Waals surface area (Å²) in [6.07, 6.45) is 1.02. The summed E-state index contributed by atoms with van der Waals surface area (Å²) in [5.41, 5.74) is -0.599. The first kappa shape index (κ1) is 14.8. The molecule has 0 saturated carbocycles. The number of aromatic nitrogens is 1. The van der Waals surface area contributed by atoms with Crippen LogP contribution in [0.25, 0.3) is 0 Å². The van der Waals surface area contributed by atoms with E-state index in [-0.39, 0.29) is 23.1 Å². The molecule has 0 aliphatic carbocycles. The average molecular weight is 269 g/mol. The maximum Gasteiger partial charge on any atom is 0.339 e. The van der Waals surface area contributed by atoms with Crippen molar-refractivity contribution >= 4 is 17.5 Å². The number of carbonyl (C=O) groups is 1. The molecule has 0 aliphatic rings. The molecule has 0 aromatic carbocycles. The summed E-state index contributed by atoms with van der Waals surface area (Å²) in [6.45, 7) is 4.57. The van der Waals surface area contributed by atoms with Gasteiger partial charge in [0.25, 0.3) is 5.69 Å². The van der Waals surface area contributed by atoms with Gasteiger partial charge in [-0.1, -0.05) is 0 Å². The molecule has 19 heavy (non-hydrogen) atoms. The van der Waals surface area contributed by atoms with Gasteiger partial charge >= 0.3 is 5.97 Å². The van der Waals surface area contributed by atoms with Crippen molar-refractivity contribution in [3.05, 3.63) is 27.9 Å². The van der Waals surface area contributed by atoms with E-state index >= 15 is 0 Å². The van der Waals surface area contributed by atoms with Crippen LogP contribution in [0.15, 0.2) is 12.3 Å². The minimum Gasteiger partial charge on any atom is -0.478 e. The molecule has 0 amide bonds. The van der Waals surface area contributed by atoms with Gasteiger partial charge in [0, 0.05) is 18.7 Å². The molecule has 1 aromatic heterocycles. The van der Waals surface area contributed by atoms with Crippen LogP contribution >= 0.6 is 0 Å². The standard InChI is InChI=1S/C11H15N3O5/c1-3-19-6-7(2)13-10-9(11(15)16)4-8(5-12-10)14(17)18/h4-5,7H,3,6H2,1-2H3,(H,12,13)(H,15,16). The van der Waals surface area contributed by atoms with Gasteiger partial charge in [0.2, 0.25) is 0 Å². The Hall–Kier alpha value is -2.22. The summed E-state index contributed by atoms with van der Waals surface area (Å²) < 4.78 is 5.18. The largest absolute Gasteiger partial charge is 0.478 e. The lowest BCUT2D eigenvalue weighted by Crippen LogP contribution is -2.23. The zero-order valence-electron chi connectivity index (χ0n) is 10.6. The van der Waals surface area contributed by atoms with Crippen LogP contribution in [-0.4, -0.2) is 40.2 Å². The van der Waals surface area contributed by atoms with Crippen molar-refractivity contribution in [3.63, 3.8) is 0 Å². The molecule has 0 bridgehead atoms. The van der Waals surface area contributed by atoms with E-state index in [4.69, 9.17) is 9.84 Å². The monoisotopic (exact) mass is 269 g/mol. The maximum atomic E-state index is 11.1. The third-order valence-electron chi connectivity index (χ3n) is 2.27. The van der Waals surface area contributed by atoms with Gasteiger partial charge < -0.3 is 15.2 Å². The normalized spacial score (nSPS) is 11.9. The molecule has 8 heteroatoms. The first-order chi connectivity index (χ1) is 8.95. The lowest BCUT2D eigenvalue weighted by atomic mass is 10.2. The molecule has 2 N–H and O–H groups in total. The minimum absolute atomic E-state index is 0.0882. The molecular formula is C11H15N3O5. The maximum absolute atomic E-state index is 11.1. The van der Waals surface area contributed by atoms with Gasteiger partial charge in [0.1, 0.15) is 17.6 Å². The van der Waals surface area contributed by atoms with Gasteiger partial charge in [-0.15, -0.1) is 0 Å². The highest BCUT2D eigenvalue weighted by atomic mass is 16.6. The Labute approximate surface area is 109 Å². The first-order valence-corrected chi connectivity index (χ1v) is 5.67. The second-order valence-corrected chi connectivity index (χ2v) is 3.86. The first-order valence-electron chi connectivity index (χ1n) is 5.67. The molecule has 0 fully saturated rings. The fraction of sp³-hybridized carbons (Fsp3) is 0.455. The predicted molar refractivity (Wildman–Crippen MR) is 67.4 cm³/mol. The molecular weight excluding hydrogens is 254 g/mol. The zero-order valence-corrected chi connectivity index (χ0v) is 10.6. The van der Waals surface area contributed by atoms with Crippen LogP contribution in [0, 0.1) is 10.1 Å². The lowest BCUT2D eigenvalue weighted by molar-refractivity contribution is -0.385. The number of nitrogens with one attached hydrogen (secondary N) is 1. The van der Waals surface area contributed by atoms with Crippen molar-refractivity contribution in [1.82, 2.24) is 4.98 Å². The Kier molecular flexibility index (Phi) is 5.19. The number of hydrogen-bond acceptors (Lipinski definition) is 6. The van der Waals surface area contributed by atoms with E-state index in [1.165, 1.54) is 0 Å². The number of anilines is 1. The number of ether oxygens (including phenoxy) is 1. The van der Waals surface area contributed by atoms with Gasteiger partial charge in [-0.05, 0) is 13.8 Å². The molecule has 1 unspecified atom stereocenters. The van der Waals surface area contributed by atoms with Gasteiger partial charge in [-0.25, -0.2) is 9.78 Å². The summed E-state index contributed by atoms with van der Waals surface area (Å²) in [5, 5.41) is 22.5. The Morgan fingerprint density at radius 3 is 2.89 bits per heavy atom. The van der Waals surface area contributed by atoms with Crippen LogP contribution in [-0.2, 0) is 4.74 Å². The third kappa shape index (κ3) is 4.18. The van der Waals surface area contributed by atoms with Crippen LogP contribution in [0.2, 0.25) is 0 Å². The topological polar surface area (TPSA) is 115 Å². The van der Waals surface area contributed by atoms with E-state index in [2.05, 4.69) is 10.3 Å². The van der Waals surface area contributed by atoms with Crippen molar-refractivity contribution in [2.75, 3.05) is 18.5 Å². The van der Waals surface area contributed by atoms with E-state index in [1.54, 1.807) is 6.92 Å². The lowest BCUT2D eigenvalue weighted by Gasteiger charge is -2.15. The molecule has 1 atom stereocenters. The Balaban J connectivity index is 2.94. The number of aromatic carboxylic acids is 1. The Morgan fingerprint density at radius 1 is 1.68 bits per heavy atom. The minimum atomic E-state index is -1.28. The summed E-state index contributed by atoms with van der Waals surface area (Å²) >= 11 is 0. The van der Waals surface area contributed by atoms with E-state index in [1.807, 2.05) is 6.92 Å². The fourth-order valence-electron chi connectivity index (χ4n) is 1.40. The summed E-state index contributed by atoms with van der Waals surface area (Å²) in [7, 11) is 0. The zero-order chi connectivity index (χ0) is 14.4. The van der Waals surface area contributed by atoms with Crippen molar-refractivity contribution in [2.45, 2.75) is 19.9 Å². The molecule has 0 radical (unpaired) electrons. The highest BCUT2D eigenvalue weighted by molar-refractivity contribution is 5.93. The van der Waals surface area contributed by atoms with Crippen molar-refractivity contribution < 1.29 is 19.6 Å². The fourth-order valence-corrected chi connectivity index (χ4v) is 1.40. The van der Waals surface area contributed by atoms with Crippen molar-refractivity contribution in [3.8, 4) is 0 Å². The predicted octanol–water partition coefficient (Wildman–Crippen LogP) is 1.52. The van der Waals surface area contributed by atoms with E-state index in [9.17, 15) is 14.9 Å². The summed E-state index contributed by atoms with van der Waals surface area (Å²) in [6, 6.07) is 0.817. The van der Waals surface area contributed by atoms with Gasteiger partial charge in [0.15, 0.2) is 0 Å². The molecule has 1 aromatic rings. The summed E-state index contributed by atoms with van der Waals surface area (Å²) in [4.78, 5) is 24.7. The van der Waals surface area contributed by atoms with E-state index in [0.717, 1.165) is 12.3 Å². The Morgan fingerprint density at radius 2 is 2.37 bits per heavy atom. The number of nitrogens with zero attached hydrogens (tertiary/aromatic N) is 2. The van der Waals surface area contributed by atoms with Crippen molar-refractivity contribution in [2.24, 2.45) is 0 Å². The second-order valence-electron chi connectivity index (χ2n) is 3.86. The van der Waals surface area contributed by atoms with Crippen LogP contribution in [0.5, 0.6) is 0 Å². The number of carboxylic acid groups (broad SMARTS) is 1. The smallest absolute Gasteiger partial charge is 0.339 e. The van der Waals surface area contributed by atoms with Crippen LogP contribution in [0.4, 0.5) is 11.5 Å². The van der Waals surface area contributed by atoms with Crippen molar-refractivity contribution in [1.29, 1.82) is 0 Å². The molecule has 0 saturated heterocycles. The second kappa shape index (κ2) is 6.64. The molecule has 0 aliphatic heterocycles. The number of carboxylic acids is 1. The number of pyridine rings is 1. The summed E-state index contributed by atoms with van der Waals surface area (Å²) in [5.74, 6) is -1.19. The number of hydrogen-bond donors (Lipinski definition) is 2. The quantitative estimate of drug-likeness (QED) is 0.569. The van der Waals surface area contributed by atoms with Gasteiger partial charge in [0.05, 0.1) is 11.5 Å². The van der Waals surface area contributed by atoms with Crippen LogP contribution in [0.1, 0.15) is 24.2 Å². The average Bonchev–Trinajstić information content (AvgIpc) is 2.36. The highest BCUT2D eigenvalue weighted by Gasteiger charge is 2.18. The highest BCUT2D eigenvalue weighted by Crippen LogP contribution is 2.19. The Bertz CT molecular complexity index is 477. The van der Waals surface area contributed by atoms with Gasteiger partial charge in [-0.3, -0.25) is 10.1 Å². The third-order valence-corrected chi connectivity index (χ3v) is 2.27. The van der Waals surface area contributed by atoms with Crippen LogP contribution < -0.4 is 5.32 Å². The van der Waals surface area contributed by atoms with Gasteiger partial charge in [-0.2, -0.15) is 0 Å².